The van der Waals surface area contributed by atoms with Gasteiger partial charge in [-0.25, -0.2) is 5.48 Å². The second-order valence-corrected chi connectivity index (χ2v) is 6.94. The van der Waals surface area contributed by atoms with E-state index < -0.39 is 5.60 Å². The first kappa shape index (κ1) is 18.1. The highest BCUT2D eigenvalue weighted by molar-refractivity contribution is 5.94. The summed E-state index contributed by atoms with van der Waals surface area (Å²) >= 11 is 0. The zero-order valence-corrected chi connectivity index (χ0v) is 15.2. The Hall–Kier alpha value is -2.70. The highest BCUT2D eigenvalue weighted by atomic mass is 16.6. The molecule has 2 N–H and O–H groups in total. The lowest BCUT2D eigenvalue weighted by Gasteiger charge is -2.16. The van der Waals surface area contributed by atoms with E-state index in [4.69, 9.17) is 0 Å². The molecule has 1 aromatic heterocycles. The molecule has 136 valence electrons. The van der Waals surface area contributed by atoms with Gasteiger partial charge in [0.15, 0.2) is 0 Å². The molecule has 0 saturated heterocycles. The summed E-state index contributed by atoms with van der Waals surface area (Å²) < 4.78 is 1.87. The van der Waals surface area contributed by atoms with Gasteiger partial charge in [-0.05, 0) is 49.6 Å². The van der Waals surface area contributed by atoms with Crippen molar-refractivity contribution in [3.8, 4) is 11.1 Å². The molecule has 2 aromatic carbocycles. The smallest absolute Gasteiger partial charge is 0.274 e. The molecule has 0 aliphatic heterocycles. The van der Waals surface area contributed by atoms with Gasteiger partial charge in [0.25, 0.3) is 5.91 Å². The summed E-state index contributed by atoms with van der Waals surface area (Å²) in [4.78, 5) is 16.4. The van der Waals surface area contributed by atoms with Gasteiger partial charge in [0, 0.05) is 23.7 Å². The van der Waals surface area contributed by atoms with Gasteiger partial charge >= 0.3 is 0 Å². The largest absolute Gasteiger partial charge is 0.390 e. The number of nitrogens with zero attached hydrogens (tertiary/aromatic N) is 2. The van der Waals surface area contributed by atoms with Gasteiger partial charge < -0.3 is 5.11 Å². The summed E-state index contributed by atoms with van der Waals surface area (Å²) in [5.74, 6) is -0.278. The zero-order chi connectivity index (χ0) is 18.7. The van der Waals surface area contributed by atoms with Crippen LogP contribution in [-0.4, -0.2) is 33.5 Å². The quantitative estimate of drug-likeness (QED) is 0.668. The number of carbonyl (C=O) groups is 1. The number of aromatic nitrogens is 2. The zero-order valence-electron chi connectivity index (χ0n) is 15.2. The fourth-order valence-electron chi connectivity index (χ4n) is 2.72. The number of nitrogens with one attached hydrogen (secondary N) is 1. The van der Waals surface area contributed by atoms with E-state index in [-0.39, 0.29) is 5.91 Å². The van der Waals surface area contributed by atoms with Crippen LogP contribution in [0.15, 0.2) is 48.7 Å². The van der Waals surface area contributed by atoms with Crippen LogP contribution >= 0.6 is 0 Å². The third kappa shape index (κ3) is 4.28. The molecule has 0 bridgehead atoms. The summed E-state index contributed by atoms with van der Waals surface area (Å²) in [6, 6.07) is 13.4. The molecular formula is C20H23N3O3. The highest BCUT2D eigenvalue weighted by Gasteiger charge is 2.13. The minimum absolute atomic E-state index is 0.278. The van der Waals surface area contributed by atoms with Crippen LogP contribution in [0.3, 0.4) is 0 Å². The Kier molecular flexibility index (Phi) is 5.06. The van der Waals surface area contributed by atoms with Crippen LogP contribution < -0.4 is 5.48 Å². The molecule has 3 rings (SSSR count). The molecule has 0 aliphatic carbocycles. The molecule has 0 saturated carbocycles. The third-order valence-electron chi connectivity index (χ3n) is 4.18. The normalized spacial score (nSPS) is 11.7. The van der Waals surface area contributed by atoms with E-state index in [2.05, 4.69) is 15.4 Å². The number of hydrogen-bond acceptors (Lipinski definition) is 4. The second kappa shape index (κ2) is 7.27. The van der Waals surface area contributed by atoms with Crippen LogP contribution in [0.1, 0.15) is 30.6 Å². The highest BCUT2D eigenvalue weighted by Crippen LogP contribution is 2.24. The average Bonchev–Trinajstić information content (AvgIpc) is 3.02. The van der Waals surface area contributed by atoms with Crippen molar-refractivity contribution in [2.75, 3.05) is 7.11 Å². The molecule has 1 amide bonds. The second-order valence-electron chi connectivity index (χ2n) is 6.94. The minimum Gasteiger partial charge on any atom is -0.390 e. The van der Waals surface area contributed by atoms with Gasteiger partial charge in [-0.3, -0.25) is 14.3 Å². The molecule has 0 fully saturated rings. The van der Waals surface area contributed by atoms with E-state index in [1.54, 1.807) is 26.0 Å². The predicted octanol–water partition coefficient (Wildman–Crippen LogP) is 3.16. The first-order chi connectivity index (χ1) is 12.4. The first-order valence-electron chi connectivity index (χ1n) is 8.49. The summed E-state index contributed by atoms with van der Waals surface area (Å²) in [5, 5.41) is 15.5. The molecule has 3 aromatic rings. The Morgan fingerprint density at radius 2 is 1.88 bits per heavy atom. The van der Waals surface area contributed by atoms with Crippen molar-refractivity contribution in [1.29, 1.82) is 0 Å². The fourth-order valence-corrected chi connectivity index (χ4v) is 2.72. The van der Waals surface area contributed by atoms with Crippen molar-refractivity contribution in [3.63, 3.8) is 0 Å². The lowest BCUT2D eigenvalue weighted by Crippen LogP contribution is -2.21. The standard InChI is InChI=1S/C20H23N3O3/c1-20(2,25)10-11-23-13-17-9-8-16(12-18(17)21-23)14-4-6-15(7-5-14)19(24)22-26-3/h4-9,12-13,25H,10-11H2,1-3H3,(H,22,24). The van der Waals surface area contributed by atoms with Gasteiger partial charge in [0.05, 0.1) is 18.2 Å². The van der Waals surface area contributed by atoms with E-state index in [1.165, 1.54) is 7.11 Å². The molecule has 6 heteroatoms. The number of aryl methyl sites for hydroxylation is 1. The fraction of sp³-hybridized carbons (Fsp3) is 0.300. The van der Waals surface area contributed by atoms with Crippen LogP contribution in [0.4, 0.5) is 0 Å². The van der Waals surface area contributed by atoms with Crippen molar-refractivity contribution in [2.45, 2.75) is 32.4 Å². The lowest BCUT2D eigenvalue weighted by atomic mass is 10.0. The van der Waals surface area contributed by atoms with Gasteiger partial charge in [-0.15, -0.1) is 0 Å². The van der Waals surface area contributed by atoms with E-state index in [1.807, 2.05) is 41.2 Å². The van der Waals surface area contributed by atoms with Crippen LogP contribution in [0.25, 0.3) is 22.0 Å². The number of hydrogen-bond donors (Lipinski definition) is 2. The Bertz CT molecular complexity index is 908. The molecular weight excluding hydrogens is 330 g/mol. The Labute approximate surface area is 152 Å². The van der Waals surface area contributed by atoms with Crippen molar-refractivity contribution in [2.24, 2.45) is 0 Å². The molecule has 6 nitrogen and oxygen atoms in total. The molecule has 0 aliphatic rings. The van der Waals surface area contributed by atoms with E-state index in [0.29, 0.717) is 18.5 Å². The van der Waals surface area contributed by atoms with Gasteiger partial charge in [0.1, 0.15) is 0 Å². The van der Waals surface area contributed by atoms with Crippen molar-refractivity contribution in [3.05, 3.63) is 54.2 Å². The van der Waals surface area contributed by atoms with Crippen LogP contribution in [0.5, 0.6) is 0 Å². The predicted molar refractivity (Wildman–Crippen MR) is 101 cm³/mol. The monoisotopic (exact) mass is 353 g/mol. The van der Waals surface area contributed by atoms with Gasteiger partial charge in [0.2, 0.25) is 0 Å². The Morgan fingerprint density at radius 1 is 1.19 bits per heavy atom. The Morgan fingerprint density at radius 3 is 2.54 bits per heavy atom. The van der Waals surface area contributed by atoms with Crippen LogP contribution in [-0.2, 0) is 11.4 Å². The summed E-state index contributed by atoms with van der Waals surface area (Å²) in [6.45, 7) is 4.26. The maximum atomic E-state index is 11.7. The van der Waals surface area contributed by atoms with Gasteiger partial charge in [-0.2, -0.15) is 5.10 Å². The maximum Gasteiger partial charge on any atom is 0.274 e. The van der Waals surface area contributed by atoms with Crippen LogP contribution in [0.2, 0.25) is 0 Å². The van der Waals surface area contributed by atoms with E-state index in [9.17, 15) is 9.90 Å². The van der Waals surface area contributed by atoms with Gasteiger partial charge in [-0.1, -0.05) is 24.3 Å². The molecule has 0 atom stereocenters. The minimum atomic E-state index is -0.708. The maximum absolute atomic E-state index is 11.7. The van der Waals surface area contributed by atoms with E-state index >= 15 is 0 Å². The first-order valence-corrected chi connectivity index (χ1v) is 8.49. The SMILES string of the molecule is CONC(=O)c1ccc(-c2ccc3cn(CCC(C)(C)O)nc3c2)cc1. The average molecular weight is 353 g/mol. The number of benzene rings is 2. The summed E-state index contributed by atoms with van der Waals surface area (Å²) in [6.07, 6.45) is 2.63. The lowest BCUT2D eigenvalue weighted by molar-refractivity contribution is 0.0537. The number of carbonyl (C=O) groups excluding carboxylic acids is 1. The Balaban J connectivity index is 1.81. The van der Waals surface area contributed by atoms with Crippen molar-refractivity contribution in [1.82, 2.24) is 15.3 Å². The topological polar surface area (TPSA) is 76.4 Å². The number of fused-ring (bicyclic) bond motifs is 1. The summed E-state index contributed by atoms with van der Waals surface area (Å²) in [5.41, 5.74) is 5.07. The van der Waals surface area contributed by atoms with Crippen LogP contribution in [0, 0.1) is 0 Å². The molecule has 0 radical (unpaired) electrons. The number of rotatable bonds is 6. The summed E-state index contributed by atoms with van der Waals surface area (Å²) in [7, 11) is 1.40. The molecule has 0 spiro atoms. The molecule has 1 heterocycles. The molecule has 0 unspecified atom stereocenters. The van der Waals surface area contributed by atoms with E-state index in [0.717, 1.165) is 22.0 Å². The molecule has 26 heavy (non-hydrogen) atoms. The number of aliphatic hydroxyl groups is 1. The van der Waals surface area contributed by atoms with Crippen molar-refractivity contribution >= 4 is 16.8 Å². The number of amides is 1. The number of hydroxylamine groups is 1. The third-order valence-corrected chi connectivity index (χ3v) is 4.18. The van der Waals surface area contributed by atoms with Crippen molar-refractivity contribution < 1.29 is 14.7 Å².